The van der Waals surface area contributed by atoms with E-state index >= 15 is 0 Å². The normalized spacial score (nSPS) is 53.3. The zero-order valence-electron chi connectivity index (χ0n) is 20.8. The van der Waals surface area contributed by atoms with Gasteiger partial charge in [-0.3, -0.25) is 9.59 Å². The second-order valence-corrected chi connectivity index (χ2v) is 12.8. The van der Waals surface area contributed by atoms with Gasteiger partial charge in [-0.2, -0.15) is 0 Å². The van der Waals surface area contributed by atoms with Crippen LogP contribution in [0.4, 0.5) is 0 Å². The average molecular weight is 485 g/mol. The average Bonchev–Trinajstić information content (AvgIpc) is 3.27. The van der Waals surface area contributed by atoms with Crippen LogP contribution in [-0.4, -0.2) is 47.7 Å². The smallest absolute Gasteiger partial charge is 0.339 e. The molecule has 35 heavy (non-hydrogen) atoms. The Kier molecular flexibility index (Phi) is 3.79. The SMILES string of the molecule is CC1(C)OC2CC(=O)OCC23C1CC(=O)[C@@]1(C)[C@@]24O[C@@H]2C(=O)O[C@@H](c2ccoc2)[C@]4(C)CC[C@]31C. The fraction of sp³-hybridized carbons (Fsp3) is 0.741. The molecular formula is C27H32O8. The summed E-state index contributed by atoms with van der Waals surface area (Å²) < 4.78 is 30.1. The van der Waals surface area contributed by atoms with Gasteiger partial charge in [-0.25, -0.2) is 4.79 Å². The number of carbonyl (C=O) groups excluding carboxylic acids is 3. The van der Waals surface area contributed by atoms with Crippen molar-refractivity contribution in [2.24, 2.45) is 27.6 Å². The van der Waals surface area contributed by atoms with E-state index in [-0.39, 0.29) is 36.8 Å². The molecule has 9 atom stereocenters. The number of fused-ring (bicyclic) bond motifs is 1. The quantitative estimate of drug-likeness (QED) is 0.440. The number of cyclic esters (lactones) is 2. The van der Waals surface area contributed by atoms with E-state index in [4.69, 9.17) is 23.4 Å². The number of carbonyl (C=O) groups is 3. The Labute approximate surface area is 204 Å². The van der Waals surface area contributed by atoms with Crippen LogP contribution in [0.15, 0.2) is 23.0 Å². The number of furan rings is 1. The van der Waals surface area contributed by atoms with Gasteiger partial charge in [0.05, 0.1) is 36.1 Å². The molecular weight excluding hydrogens is 452 g/mol. The lowest BCUT2D eigenvalue weighted by Gasteiger charge is -2.70. The third-order valence-corrected chi connectivity index (χ3v) is 11.6. The van der Waals surface area contributed by atoms with Gasteiger partial charge in [0.1, 0.15) is 24.1 Å². The van der Waals surface area contributed by atoms with Gasteiger partial charge in [-0.1, -0.05) is 13.8 Å². The van der Waals surface area contributed by atoms with E-state index in [9.17, 15) is 14.4 Å². The third kappa shape index (κ3) is 2.04. The Morgan fingerprint density at radius 2 is 1.71 bits per heavy atom. The number of ether oxygens (including phenoxy) is 4. The second-order valence-electron chi connectivity index (χ2n) is 12.8. The minimum absolute atomic E-state index is 0.0962. The maximum Gasteiger partial charge on any atom is 0.339 e. The van der Waals surface area contributed by atoms with E-state index in [0.29, 0.717) is 19.3 Å². The molecule has 0 bridgehead atoms. The topological polar surface area (TPSA) is 105 Å². The fourth-order valence-corrected chi connectivity index (χ4v) is 9.76. The van der Waals surface area contributed by atoms with Crippen LogP contribution in [0.3, 0.4) is 0 Å². The predicted molar refractivity (Wildman–Crippen MR) is 119 cm³/mol. The molecule has 2 spiro atoms. The van der Waals surface area contributed by atoms with Gasteiger partial charge in [0, 0.05) is 28.7 Å². The molecule has 7 rings (SSSR count). The van der Waals surface area contributed by atoms with Gasteiger partial charge in [0.2, 0.25) is 0 Å². The first-order valence-electron chi connectivity index (χ1n) is 12.7. The Balaban J connectivity index is 1.45. The highest BCUT2D eigenvalue weighted by Gasteiger charge is 2.92. The number of esters is 2. The van der Waals surface area contributed by atoms with Gasteiger partial charge in [-0.15, -0.1) is 0 Å². The lowest BCUT2D eigenvalue weighted by molar-refractivity contribution is -0.259. The largest absolute Gasteiger partial charge is 0.472 e. The van der Waals surface area contributed by atoms with Crippen molar-refractivity contribution in [3.05, 3.63) is 24.2 Å². The van der Waals surface area contributed by atoms with E-state index in [2.05, 4.69) is 13.8 Å². The molecule has 8 heteroatoms. The van der Waals surface area contributed by atoms with E-state index in [1.54, 1.807) is 12.5 Å². The van der Waals surface area contributed by atoms with E-state index in [1.807, 2.05) is 26.8 Å². The fourth-order valence-electron chi connectivity index (χ4n) is 9.76. The maximum atomic E-state index is 14.4. The van der Waals surface area contributed by atoms with Crippen molar-refractivity contribution in [2.45, 2.75) is 89.8 Å². The van der Waals surface area contributed by atoms with Crippen LogP contribution in [0.2, 0.25) is 0 Å². The van der Waals surface area contributed by atoms with Crippen molar-refractivity contribution < 1.29 is 37.7 Å². The second kappa shape index (κ2) is 6.02. The summed E-state index contributed by atoms with van der Waals surface area (Å²) in [7, 11) is 0. The molecule has 0 aromatic carbocycles. The van der Waals surface area contributed by atoms with E-state index in [1.165, 1.54) is 0 Å². The number of hydrogen-bond acceptors (Lipinski definition) is 8. The highest BCUT2D eigenvalue weighted by atomic mass is 16.7. The first-order chi connectivity index (χ1) is 16.4. The maximum absolute atomic E-state index is 14.4. The molecule has 1 aromatic heterocycles. The van der Waals surface area contributed by atoms with Crippen LogP contribution < -0.4 is 0 Å². The molecule has 5 heterocycles. The molecule has 8 nitrogen and oxygen atoms in total. The molecule has 4 aliphatic heterocycles. The van der Waals surface area contributed by atoms with Crippen molar-refractivity contribution in [1.29, 1.82) is 0 Å². The Morgan fingerprint density at radius 3 is 2.43 bits per heavy atom. The molecule has 1 aromatic rings. The summed E-state index contributed by atoms with van der Waals surface area (Å²) in [5.74, 6) is -0.697. The van der Waals surface area contributed by atoms with Crippen LogP contribution in [0.5, 0.6) is 0 Å². The van der Waals surface area contributed by atoms with Crippen LogP contribution in [0, 0.1) is 27.6 Å². The molecule has 188 valence electrons. The summed E-state index contributed by atoms with van der Waals surface area (Å²) in [5, 5.41) is 0. The lowest BCUT2D eigenvalue weighted by atomic mass is 9.31. The highest BCUT2D eigenvalue weighted by Crippen LogP contribution is 2.83. The van der Waals surface area contributed by atoms with Gasteiger partial charge >= 0.3 is 11.9 Å². The van der Waals surface area contributed by atoms with Gasteiger partial charge < -0.3 is 23.4 Å². The molecule has 0 amide bonds. The number of hydrogen-bond donors (Lipinski definition) is 0. The summed E-state index contributed by atoms with van der Waals surface area (Å²) in [6.45, 7) is 10.5. The standard InChI is InChI=1S/C27H32O8/c1-22(2)15-10-16(28)25(5)24(4,26(15)13-32-18(29)11-17(26)34-22)8-7-23(3)19(14-6-9-31-12-14)33-21(30)20-27(23,25)35-20/h6,9,12,15,17,19-20H,7-8,10-11,13H2,1-5H3/t15?,17?,19-,20+,23-,24-,25+,26?,27+/m0/s1. The van der Waals surface area contributed by atoms with E-state index < -0.39 is 51.0 Å². The van der Waals surface area contributed by atoms with Crippen LogP contribution in [0.25, 0.3) is 0 Å². The zero-order valence-corrected chi connectivity index (χ0v) is 20.8. The third-order valence-electron chi connectivity index (χ3n) is 11.6. The molecule has 6 fully saturated rings. The van der Waals surface area contributed by atoms with Crippen LogP contribution in [0.1, 0.15) is 72.0 Å². The molecule has 0 N–H and O–H groups in total. The molecule has 6 aliphatic rings. The first-order valence-corrected chi connectivity index (χ1v) is 12.7. The highest BCUT2D eigenvalue weighted by molar-refractivity contribution is 5.94. The van der Waals surface area contributed by atoms with Gasteiger partial charge in [-0.05, 0) is 45.1 Å². The molecule has 2 saturated carbocycles. The van der Waals surface area contributed by atoms with E-state index in [0.717, 1.165) is 5.56 Å². The first kappa shape index (κ1) is 22.0. The van der Waals surface area contributed by atoms with Crippen LogP contribution >= 0.6 is 0 Å². The van der Waals surface area contributed by atoms with Gasteiger partial charge in [0.15, 0.2) is 6.10 Å². The summed E-state index contributed by atoms with van der Waals surface area (Å²) in [6.07, 6.45) is 3.31. The summed E-state index contributed by atoms with van der Waals surface area (Å²) >= 11 is 0. The Hall–Kier alpha value is -2.19. The van der Waals surface area contributed by atoms with Crippen molar-refractivity contribution >= 4 is 17.7 Å². The van der Waals surface area contributed by atoms with Gasteiger partial charge in [0.25, 0.3) is 0 Å². The number of rotatable bonds is 1. The molecule has 4 saturated heterocycles. The zero-order chi connectivity index (χ0) is 24.8. The van der Waals surface area contributed by atoms with Crippen molar-refractivity contribution in [1.82, 2.24) is 0 Å². The number of ketones is 1. The number of Topliss-reactive ketones (excluding diaryl/α,β-unsaturated/α-hetero) is 1. The summed E-state index contributed by atoms with van der Waals surface area (Å²) in [5.41, 5.74) is -3.61. The Bertz CT molecular complexity index is 1170. The summed E-state index contributed by atoms with van der Waals surface area (Å²) in [6, 6.07) is 1.82. The van der Waals surface area contributed by atoms with Crippen molar-refractivity contribution in [2.75, 3.05) is 6.61 Å². The van der Waals surface area contributed by atoms with Crippen molar-refractivity contribution in [3.8, 4) is 0 Å². The summed E-state index contributed by atoms with van der Waals surface area (Å²) in [4.78, 5) is 40.1. The lowest BCUT2D eigenvalue weighted by Crippen LogP contribution is -2.77. The van der Waals surface area contributed by atoms with Crippen molar-refractivity contribution in [3.63, 3.8) is 0 Å². The van der Waals surface area contributed by atoms with Crippen LogP contribution in [-0.2, 0) is 33.3 Å². The Morgan fingerprint density at radius 1 is 0.943 bits per heavy atom. The monoisotopic (exact) mass is 484 g/mol. The molecule has 0 radical (unpaired) electrons. The number of epoxide rings is 1. The minimum atomic E-state index is -1.01. The predicted octanol–water partition coefficient (Wildman–Crippen LogP) is 3.53. The minimum Gasteiger partial charge on any atom is -0.472 e. The molecule has 3 unspecified atom stereocenters. The molecule has 2 aliphatic carbocycles.